The molecule has 1 aromatic rings. The summed E-state index contributed by atoms with van der Waals surface area (Å²) in [6.07, 6.45) is 3.68. The van der Waals surface area contributed by atoms with Crippen molar-refractivity contribution in [2.24, 2.45) is 11.1 Å². The molecule has 6 nitrogen and oxygen atoms in total. The van der Waals surface area contributed by atoms with Crippen LogP contribution in [-0.4, -0.2) is 25.7 Å². The summed E-state index contributed by atoms with van der Waals surface area (Å²) in [5, 5.41) is 18.2. The molecule has 0 heterocycles. The average Bonchev–Trinajstić information content (AvgIpc) is 2.43. The maximum Gasteiger partial charge on any atom is 0.240 e. The molecule has 0 atom stereocenters. The average molecular weight is 313 g/mol. The fraction of sp³-hybridized carbons (Fsp3) is 0.571. The minimum Gasteiger partial charge on any atom is -0.396 e. The van der Waals surface area contributed by atoms with E-state index in [9.17, 15) is 13.5 Å². The lowest BCUT2D eigenvalue weighted by Crippen LogP contribution is -2.45. The summed E-state index contributed by atoms with van der Waals surface area (Å²) in [6, 6.07) is 4.68. The first-order valence-corrected chi connectivity index (χ1v) is 8.62. The normalized spacial score (nSPS) is 26.5. The molecule has 0 saturated heterocycles. The number of nitrogens with two attached hydrogens (primary N) is 2. The van der Waals surface area contributed by atoms with Crippen LogP contribution in [0.15, 0.2) is 23.1 Å². The van der Waals surface area contributed by atoms with E-state index in [4.69, 9.17) is 10.9 Å². The second-order valence-electron chi connectivity index (χ2n) is 6.01. The van der Waals surface area contributed by atoms with Gasteiger partial charge in [0.1, 0.15) is 4.90 Å². The Morgan fingerprint density at radius 1 is 1.38 bits per heavy atom. The molecule has 1 fully saturated rings. The van der Waals surface area contributed by atoms with E-state index < -0.39 is 15.6 Å². The lowest BCUT2D eigenvalue weighted by Gasteiger charge is -2.40. The first-order chi connectivity index (χ1) is 9.77. The van der Waals surface area contributed by atoms with E-state index in [1.54, 1.807) is 12.1 Å². The molecule has 21 heavy (non-hydrogen) atoms. The van der Waals surface area contributed by atoms with Gasteiger partial charge in [0, 0.05) is 0 Å². The third kappa shape index (κ3) is 3.48. The second-order valence-corrected chi connectivity index (χ2v) is 7.54. The summed E-state index contributed by atoms with van der Waals surface area (Å²) in [7, 11) is -3.86. The Morgan fingerprint density at radius 3 is 2.52 bits per heavy atom. The van der Waals surface area contributed by atoms with Crippen molar-refractivity contribution in [3.63, 3.8) is 0 Å². The third-order valence-electron chi connectivity index (χ3n) is 4.31. The number of nitrogens with one attached hydrogen (secondary N) is 1. The summed E-state index contributed by atoms with van der Waals surface area (Å²) in [4.78, 5) is -0.0928. The highest BCUT2D eigenvalue weighted by atomic mass is 32.2. The number of aliphatic hydroxyl groups excluding tert-OH is 1. The van der Waals surface area contributed by atoms with E-state index in [2.05, 4.69) is 12.2 Å². The van der Waals surface area contributed by atoms with Gasteiger partial charge in [-0.25, -0.2) is 13.6 Å². The Bertz CT molecular complexity index is 608. The summed E-state index contributed by atoms with van der Waals surface area (Å²) < 4.78 is 23.0. The molecule has 1 saturated carbocycles. The highest BCUT2D eigenvalue weighted by Gasteiger charge is 2.34. The smallest absolute Gasteiger partial charge is 0.240 e. The summed E-state index contributed by atoms with van der Waals surface area (Å²) >= 11 is 0. The highest BCUT2D eigenvalue weighted by Crippen LogP contribution is 2.36. The number of aliphatic hydroxyl groups is 1. The Balaban J connectivity index is 2.31. The Kier molecular flexibility index (Phi) is 4.46. The number of rotatable bonds is 4. The number of nitrogen functional groups attached to an aromatic ring is 1. The van der Waals surface area contributed by atoms with Gasteiger partial charge in [-0.05, 0) is 43.7 Å². The van der Waals surface area contributed by atoms with Gasteiger partial charge in [0.2, 0.25) is 10.0 Å². The van der Waals surface area contributed by atoms with Crippen LogP contribution in [0, 0.1) is 5.92 Å². The number of hydrogen-bond acceptors (Lipinski definition) is 5. The van der Waals surface area contributed by atoms with Crippen molar-refractivity contribution >= 4 is 21.4 Å². The lowest BCUT2D eigenvalue weighted by atomic mass is 9.77. The predicted molar refractivity (Wildman–Crippen MR) is 83.3 cm³/mol. The first kappa shape index (κ1) is 16.1. The van der Waals surface area contributed by atoms with Crippen LogP contribution in [0.3, 0.4) is 0 Å². The van der Waals surface area contributed by atoms with E-state index >= 15 is 0 Å². The largest absolute Gasteiger partial charge is 0.396 e. The Hall–Kier alpha value is -1.31. The van der Waals surface area contributed by atoms with Crippen LogP contribution in [0.4, 0.5) is 11.4 Å². The minimum absolute atomic E-state index is 0.0151. The van der Waals surface area contributed by atoms with Crippen LogP contribution in [-0.2, 0) is 10.0 Å². The van der Waals surface area contributed by atoms with Crippen LogP contribution in [0.2, 0.25) is 0 Å². The molecule has 118 valence electrons. The zero-order valence-corrected chi connectivity index (χ0v) is 13.0. The molecular formula is C14H23N3O3S. The number of primary sulfonamides is 1. The monoisotopic (exact) mass is 313 g/mol. The van der Waals surface area contributed by atoms with Gasteiger partial charge in [-0.2, -0.15) is 0 Å². The van der Waals surface area contributed by atoms with Crippen molar-refractivity contribution in [3.05, 3.63) is 18.2 Å². The van der Waals surface area contributed by atoms with Crippen LogP contribution < -0.4 is 16.2 Å². The van der Waals surface area contributed by atoms with Gasteiger partial charge in [0.15, 0.2) is 0 Å². The molecule has 0 aromatic heterocycles. The lowest BCUT2D eigenvalue weighted by molar-refractivity contribution is 0.155. The molecule has 0 bridgehead atoms. The SMILES string of the molecule is CC1CCC(CO)(Nc2cccc(S(N)(=O)=O)c2N)CC1. The zero-order valence-electron chi connectivity index (χ0n) is 12.2. The molecule has 1 aromatic carbocycles. The van der Waals surface area contributed by atoms with Gasteiger partial charge < -0.3 is 16.2 Å². The minimum atomic E-state index is -3.86. The van der Waals surface area contributed by atoms with E-state index in [0.717, 1.165) is 25.7 Å². The molecule has 2 rings (SSSR count). The van der Waals surface area contributed by atoms with Crippen LogP contribution in [0.25, 0.3) is 0 Å². The van der Waals surface area contributed by atoms with E-state index in [1.807, 2.05) is 0 Å². The maximum absolute atomic E-state index is 11.5. The van der Waals surface area contributed by atoms with Gasteiger partial charge in [-0.1, -0.05) is 13.0 Å². The fourth-order valence-corrected chi connectivity index (χ4v) is 3.51. The van der Waals surface area contributed by atoms with Gasteiger partial charge in [0.25, 0.3) is 0 Å². The van der Waals surface area contributed by atoms with Crippen LogP contribution in [0.5, 0.6) is 0 Å². The molecule has 0 aliphatic heterocycles. The van der Waals surface area contributed by atoms with E-state index in [-0.39, 0.29) is 17.2 Å². The Morgan fingerprint density at radius 2 is 2.00 bits per heavy atom. The summed E-state index contributed by atoms with van der Waals surface area (Å²) in [5.74, 6) is 0.638. The predicted octanol–water partition coefficient (Wildman–Crippen LogP) is 1.27. The molecule has 0 amide bonds. The standard InChI is InChI=1S/C14H23N3O3S/c1-10-5-7-14(9-18,8-6-10)17-11-3-2-4-12(13(11)15)21(16,19)20/h2-4,10,17-18H,5-9,15H2,1H3,(H2,16,19,20). The van der Waals surface area contributed by atoms with Crippen molar-refractivity contribution in [2.75, 3.05) is 17.7 Å². The van der Waals surface area contributed by atoms with E-state index in [0.29, 0.717) is 11.6 Å². The molecule has 0 unspecified atom stereocenters. The van der Waals surface area contributed by atoms with Crippen molar-refractivity contribution in [1.29, 1.82) is 0 Å². The molecule has 0 radical (unpaired) electrons. The molecule has 0 spiro atoms. The van der Waals surface area contributed by atoms with Crippen molar-refractivity contribution in [1.82, 2.24) is 0 Å². The molecule has 1 aliphatic carbocycles. The maximum atomic E-state index is 11.5. The third-order valence-corrected chi connectivity index (χ3v) is 5.28. The topological polar surface area (TPSA) is 118 Å². The summed E-state index contributed by atoms with van der Waals surface area (Å²) in [5.41, 5.74) is 6.09. The number of anilines is 2. The van der Waals surface area contributed by atoms with Crippen molar-refractivity contribution in [2.45, 2.75) is 43.0 Å². The molecule has 7 heteroatoms. The van der Waals surface area contributed by atoms with Gasteiger partial charge in [0.05, 0.1) is 23.5 Å². The van der Waals surface area contributed by atoms with Crippen molar-refractivity contribution in [3.8, 4) is 0 Å². The highest BCUT2D eigenvalue weighted by molar-refractivity contribution is 7.89. The van der Waals surface area contributed by atoms with E-state index in [1.165, 1.54) is 6.07 Å². The van der Waals surface area contributed by atoms with Gasteiger partial charge in [-0.15, -0.1) is 0 Å². The quantitative estimate of drug-likeness (QED) is 0.624. The number of para-hydroxylation sites is 1. The van der Waals surface area contributed by atoms with Gasteiger partial charge >= 0.3 is 0 Å². The number of sulfonamides is 1. The second kappa shape index (κ2) is 5.82. The molecule has 6 N–H and O–H groups in total. The summed E-state index contributed by atoms with van der Waals surface area (Å²) in [6.45, 7) is 2.18. The first-order valence-electron chi connectivity index (χ1n) is 7.08. The fourth-order valence-electron chi connectivity index (χ4n) is 2.82. The van der Waals surface area contributed by atoms with Crippen molar-refractivity contribution < 1.29 is 13.5 Å². The Labute approximate surface area is 125 Å². The molecule has 1 aliphatic rings. The number of benzene rings is 1. The number of hydrogen-bond donors (Lipinski definition) is 4. The zero-order chi connectivity index (χ0) is 15.7. The van der Waals surface area contributed by atoms with Crippen LogP contribution >= 0.6 is 0 Å². The van der Waals surface area contributed by atoms with Gasteiger partial charge in [-0.3, -0.25) is 0 Å². The molecular weight excluding hydrogens is 290 g/mol. The van der Waals surface area contributed by atoms with Crippen LogP contribution in [0.1, 0.15) is 32.6 Å².